The number of halogens is 1. The Kier molecular flexibility index (Phi) is 5.06. The summed E-state index contributed by atoms with van der Waals surface area (Å²) in [5.74, 6) is 0.513. The van der Waals surface area contributed by atoms with Gasteiger partial charge in [-0.1, -0.05) is 11.6 Å². The molecule has 1 amide bonds. The minimum Gasteiger partial charge on any atom is -0.496 e. The highest BCUT2D eigenvalue weighted by Crippen LogP contribution is 2.35. The van der Waals surface area contributed by atoms with Crippen LogP contribution in [0.5, 0.6) is 5.75 Å². The minimum absolute atomic E-state index is 0.0589. The molecule has 2 aromatic heterocycles. The molecule has 9 heteroatoms. The zero-order chi connectivity index (χ0) is 19.7. The third-order valence-electron chi connectivity index (χ3n) is 4.64. The predicted octanol–water partition coefficient (Wildman–Crippen LogP) is 2.47. The molecular weight excluding hydrogens is 382 g/mol. The number of methoxy groups -OCH3 is 1. The maximum absolute atomic E-state index is 12.6. The van der Waals surface area contributed by atoms with Crippen molar-refractivity contribution in [1.29, 1.82) is 0 Å². The zero-order valence-electron chi connectivity index (χ0n) is 15.5. The number of carbonyl (C=O) groups is 1. The van der Waals surface area contributed by atoms with Gasteiger partial charge >= 0.3 is 0 Å². The Labute approximate surface area is 167 Å². The van der Waals surface area contributed by atoms with E-state index in [-0.39, 0.29) is 11.9 Å². The molecule has 0 spiro atoms. The molecule has 28 heavy (non-hydrogen) atoms. The molecule has 1 atom stereocenters. The number of ether oxygens (including phenoxy) is 2. The first-order valence-electron chi connectivity index (χ1n) is 8.88. The molecular formula is C19H20ClN5O3. The van der Waals surface area contributed by atoms with Crippen LogP contribution in [0, 0.1) is 0 Å². The quantitative estimate of drug-likeness (QED) is 0.686. The van der Waals surface area contributed by atoms with E-state index in [1.54, 1.807) is 54.0 Å². The normalized spacial score (nSPS) is 15.1. The average Bonchev–Trinajstić information content (AvgIpc) is 3.33. The number of nitrogens with zero attached hydrogens (tertiary/aromatic N) is 4. The summed E-state index contributed by atoms with van der Waals surface area (Å²) >= 11 is 6.21. The molecule has 3 aromatic rings. The van der Waals surface area contributed by atoms with Gasteiger partial charge in [0.2, 0.25) is 5.91 Å². The van der Waals surface area contributed by atoms with E-state index >= 15 is 0 Å². The lowest BCUT2D eigenvalue weighted by Gasteiger charge is -2.28. The number of aromatic nitrogens is 4. The molecule has 0 saturated carbocycles. The average molecular weight is 402 g/mol. The first kappa shape index (κ1) is 18.5. The molecule has 0 bridgehead atoms. The number of amides is 1. The summed E-state index contributed by atoms with van der Waals surface area (Å²) in [5.41, 5.74) is 2.06. The van der Waals surface area contributed by atoms with Crippen molar-refractivity contribution in [3.63, 3.8) is 0 Å². The second-order valence-corrected chi connectivity index (χ2v) is 6.99. The summed E-state index contributed by atoms with van der Waals surface area (Å²) in [6, 6.07) is 6.71. The Morgan fingerprint density at radius 1 is 1.43 bits per heavy atom. The summed E-state index contributed by atoms with van der Waals surface area (Å²) < 4.78 is 13.9. The van der Waals surface area contributed by atoms with E-state index in [1.165, 1.54) is 0 Å². The van der Waals surface area contributed by atoms with E-state index in [0.29, 0.717) is 29.7 Å². The van der Waals surface area contributed by atoms with Crippen LogP contribution in [0.15, 0.2) is 42.9 Å². The van der Waals surface area contributed by atoms with Gasteiger partial charge in [-0.3, -0.25) is 9.48 Å². The zero-order valence-corrected chi connectivity index (χ0v) is 16.3. The number of hydrogen-bond acceptors (Lipinski definition) is 5. The van der Waals surface area contributed by atoms with Gasteiger partial charge < -0.3 is 14.8 Å². The minimum atomic E-state index is -0.506. The Bertz CT molecular complexity index is 982. The fraction of sp³-hybridized carbons (Fsp3) is 0.316. The van der Waals surface area contributed by atoms with Gasteiger partial charge in [0.1, 0.15) is 23.2 Å². The summed E-state index contributed by atoms with van der Waals surface area (Å²) in [4.78, 5) is 12.6. The molecule has 1 unspecified atom stereocenters. The van der Waals surface area contributed by atoms with Crippen molar-refractivity contribution in [1.82, 2.24) is 24.9 Å². The molecule has 1 aromatic carbocycles. The van der Waals surface area contributed by atoms with Crippen LogP contribution in [-0.2, 0) is 9.53 Å². The summed E-state index contributed by atoms with van der Waals surface area (Å²) in [5, 5.41) is 12.5. The molecule has 146 valence electrons. The highest BCUT2D eigenvalue weighted by Gasteiger charge is 2.26. The smallest absolute Gasteiger partial charge is 0.244 e. The van der Waals surface area contributed by atoms with Gasteiger partial charge in [-0.25, -0.2) is 4.68 Å². The standard InChI is InChI=1S/C19H20ClN5O3/c1-12(19(26)22-14-10-28-11-14)25-9-16(24-7-3-6-21-24)18(23-25)15-8-13(20)4-5-17(15)27-2/h3-9,12,14H,10-11H2,1-2H3,(H,22,26). The first-order valence-corrected chi connectivity index (χ1v) is 9.26. The Morgan fingerprint density at radius 2 is 2.25 bits per heavy atom. The Morgan fingerprint density at radius 3 is 2.89 bits per heavy atom. The van der Waals surface area contributed by atoms with E-state index in [9.17, 15) is 4.79 Å². The molecule has 0 radical (unpaired) electrons. The lowest BCUT2D eigenvalue weighted by atomic mass is 10.1. The van der Waals surface area contributed by atoms with Crippen LogP contribution >= 0.6 is 11.6 Å². The third-order valence-corrected chi connectivity index (χ3v) is 4.88. The van der Waals surface area contributed by atoms with Crippen LogP contribution in [0.4, 0.5) is 0 Å². The van der Waals surface area contributed by atoms with Crippen LogP contribution in [0.25, 0.3) is 16.9 Å². The SMILES string of the molecule is COc1ccc(Cl)cc1-c1nn(C(C)C(=O)NC2COC2)cc1-n1cccn1. The molecule has 1 fully saturated rings. The molecule has 8 nitrogen and oxygen atoms in total. The molecule has 1 N–H and O–H groups in total. The fourth-order valence-electron chi connectivity index (χ4n) is 2.98. The predicted molar refractivity (Wildman–Crippen MR) is 104 cm³/mol. The van der Waals surface area contributed by atoms with Crippen molar-refractivity contribution in [2.75, 3.05) is 20.3 Å². The van der Waals surface area contributed by atoms with E-state index in [0.717, 1.165) is 11.3 Å². The van der Waals surface area contributed by atoms with Gasteiger partial charge in [-0.2, -0.15) is 10.2 Å². The van der Waals surface area contributed by atoms with Gasteiger partial charge in [0, 0.05) is 23.0 Å². The summed E-state index contributed by atoms with van der Waals surface area (Å²) in [6.45, 7) is 2.88. The number of nitrogens with one attached hydrogen (secondary N) is 1. The summed E-state index contributed by atoms with van der Waals surface area (Å²) in [6.07, 6.45) is 5.30. The van der Waals surface area contributed by atoms with E-state index in [4.69, 9.17) is 21.1 Å². The van der Waals surface area contributed by atoms with E-state index in [2.05, 4.69) is 15.5 Å². The molecule has 1 saturated heterocycles. The monoisotopic (exact) mass is 401 g/mol. The van der Waals surface area contributed by atoms with Crippen LogP contribution < -0.4 is 10.1 Å². The number of hydrogen-bond donors (Lipinski definition) is 1. The number of rotatable bonds is 6. The first-order chi connectivity index (χ1) is 13.6. The fourth-order valence-corrected chi connectivity index (χ4v) is 3.15. The second-order valence-electron chi connectivity index (χ2n) is 6.56. The number of carbonyl (C=O) groups excluding carboxylic acids is 1. The summed E-state index contributed by atoms with van der Waals surface area (Å²) in [7, 11) is 1.59. The van der Waals surface area contributed by atoms with E-state index < -0.39 is 6.04 Å². The van der Waals surface area contributed by atoms with Gasteiger partial charge in [0.15, 0.2) is 0 Å². The van der Waals surface area contributed by atoms with Crippen molar-refractivity contribution in [2.24, 2.45) is 0 Å². The second kappa shape index (κ2) is 7.65. The van der Waals surface area contributed by atoms with Gasteiger partial charge in [0.05, 0.1) is 32.6 Å². The van der Waals surface area contributed by atoms with Crippen molar-refractivity contribution in [2.45, 2.75) is 19.0 Å². The molecule has 3 heterocycles. The van der Waals surface area contributed by atoms with Crippen molar-refractivity contribution >= 4 is 17.5 Å². The van der Waals surface area contributed by atoms with Gasteiger partial charge in [-0.15, -0.1) is 0 Å². The third kappa shape index (κ3) is 3.48. The van der Waals surface area contributed by atoms with Gasteiger partial charge in [0.25, 0.3) is 0 Å². The molecule has 1 aliphatic rings. The number of benzene rings is 1. The maximum Gasteiger partial charge on any atom is 0.244 e. The van der Waals surface area contributed by atoms with Crippen LogP contribution in [0.2, 0.25) is 5.02 Å². The van der Waals surface area contributed by atoms with Crippen LogP contribution in [-0.4, -0.2) is 51.8 Å². The Balaban J connectivity index is 1.75. The topological polar surface area (TPSA) is 83.2 Å². The largest absolute Gasteiger partial charge is 0.496 e. The van der Waals surface area contributed by atoms with Crippen molar-refractivity contribution in [3.8, 4) is 22.7 Å². The molecule has 1 aliphatic heterocycles. The maximum atomic E-state index is 12.6. The lowest BCUT2D eigenvalue weighted by molar-refractivity contribution is -0.128. The highest BCUT2D eigenvalue weighted by atomic mass is 35.5. The molecule has 0 aliphatic carbocycles. The van der Waals surface area contributed by atoms with Gasteiger partial charge in [-0.05, 0) is 31.2 Å². The van der Waals surface area contributed by atoms with E-state index in [1.807, 2.05) is 12.3 Å². The Hall–Kier alpha value is -2.84. The van der Waals surface area contributed by atoms with Crippen molar-refractivity contribution in [3.05, 3.63) is 47.9 Å². The molecule has 4 rings (SSSR count). The van der Waals surface area contributed by atoms with Crippen LogP contribution in [0.1, 0.15) is 13.0 Å². The van der Waals surface area contributed by atoms with Crippen LogP contribution in [0.3, 0.4) is 0 Å². The van der Waals surface area contributed by atoms with Crippen molar-refractivity contribution < 1.29 is 14.3 Å². The highest BCUT2D eigenvalue weighted by molar-refractivity contribution is 6.31. The lowest BCUT2D eigenvalue weighted by Crippen LogP contribution is -2.50.